The number of thiophene rings is 1. The molecule has 1 aromatic heterocycles. The van der Waals surface area contributed by atoms with Crippen LogP contribution in [0.25, 0.3) is 0 Å². The van der Waals surface area contributed by atoms with E-state index in [4.69, 9.17) is 16.7 Å². The molecule has 0 bridgehead atoms. The van der Waals surface area contributed by atoms with Gasteiger partial charge in [0.1, 0.15) is 6.04 Å². The summed E-state index contributed by atoms with van der Waals surface area (Å²) in [5.41, 5.74) is 0. The molecule has 0 spiro atoms. The Morgan fingerprint density at radius 3 is 2.89 bits per heavy atom. The SMILES string of the molecule is O=C(O)C1CCCCN1C(=O)NCc1ccc(Cl)s1. The third-order valence-electron chi connectivity index (χ3n) is 3.09. The lowest BCUT2D eigenvalue weighted by Gasteiger charge is -2.32. The average molecular weight is 303 g/mol. The Morgan fingerprint density at radius 2 is 2.26 bits per heavy atom. The molecule has 1 unspecified atom stereocenters. The van der Waals surface area contributed by atoms with E-state index < -0.39 is 12.0 Å². The number of piperidine rings is 1. The normalized spacial score (nSPS) is 19.2. The molecule has 0 aromatic carbocycles. The average Bonchev–Trinajstić information content (AvgIpc) is 2.81. The number of halogens is 1. The number of carboxylic acids is 1. The Bertz CT molecular complexity index is 477. The van der Waals surface area contributed by atoms with E-state index in [1.165, 1.54) is 16.2 Å². The number of aliphatic carboxylic acids is 1. The van der Waals surface area contributed by atoms with E-state index in [0.29, 0.717) is 23.8 Å². The highest BCUT2D eigenvalue weighted by Gasteiger charge is 2.31. The van der Waals surface area contributed by atoms with E-state index in [-0.39, 0.29) is 6.03 Å². The number of nitrogens with one attached hydrogen (secondary N) is 1. The Balaban J connectivity index is 1.92. The van der Waals surface area contributed by atoms with Crippen molar-refractivity contribution in [2.24, 2.45) is 0 Å². The first-order valence-electron chi connectivity index (χ1n) is 6.09. The number of urea groups is 1. The number of carboxylic acid groups (broad SMARTS) is 1. The summed E-state index contributed by atoms with van der Waals surface area (Å²) in [7, 11) is 0. The molecular weight excluding hydrogens is 288 g/mol. The van der Waals surface area contributed by atoms with Crippen molar-refractivity contribution >= 4 is 34.9 Å². The Hall–Kier alpha value is -1.27. The molecule has 2 N–H and O–H groups in total. The number of hydrogen-bond acceptors (Lipinski definition) is 3. The second kappa shape index (κ2) is 6.25. The molecule has 0 radical (unpaired) electrons. The molecule has 1 aromatic rings. The van der Waals surface area contributed by atoms with Gasteiger partial charge in [-0.3, -0.25) is 0 Å². The van der Waals surface area contributed by atoms with Gasteiger partial charge in [-0.1, -0.05) is 11.6 Å². The molecule has 0 saturated carbocycles. The molecule has 2 rings (SSSR count). The zero-order valence-corrected chi connectivity index (χ0v) is 11.8. The second-order valence-corrected chi connectivity index (χ2v) is 6.21. The minimum absolute atomic E-state index is 0.323. The van der Waals surface area contributed by atoms with Crippen LogP contribution in [0, 0.1) is 0 Å². The fourth-order valence-corrected chi connectivity index (χ4v) is 3.17. The molecule has 1 saturated heterocycles. The van der Waals surface area contributed by atoms with Crippen molar-refractivity contribution in [1.29, 1.82) is 0 Å². The molecule has 1 atom stereocenters. The zero-order valence-electron chi connectivity index (χ0n) is 10.3. The lowest BCUT2D eigenvalue weighted by Crippen LogP contribution is -2.51. The van der Waals surface area contributed by atoms with Gasteiger partial charge in [-0.15, -0.1) is 11.3 Å². The topological polar surface area (TPSA) is 69.6 Å². The molecule has 19 heavy (non-hydrogen) atoms. The summed E-state index contributed by atoms with van der Waals surface area (Å²) in [6, 6.07) is 2.59. The summed E-state index contributed by atoms with van der Waals surface area (Å²) in [6.07, 6.45) is 2.22. The number of carbonyl (C=O) groups excluding carboxylic acids is 1. The predicted octanol–water partition coefficient (Wildman–Crippen LogP) is 2.55. The van der Waals surface area contributed by atoms with Crippen LogP contribution in [0.3, 0.4) is 0 Å². The van der Waals surface area contributed by atoms with E-state index in [9.17, 15) is 9.59 Å². The minimum Gasteiger partial charge on any atom is -0.480 e. The number of rotatable bonds is 3. The summed E-state index contributed by atoms with van der Waals surface area (Å²) >= 11 is 7.21. The highest BCUT2D eigenvalue weighted by Crippen LogP contribution is 2.21. The first kappa shape index (κ1) is 14.1. The highest BCUT2D eigenvalue weighted by atomic mass is 35.5. The number of carbonyl (C=O) groups is 2. The standard InChI is InChI=1S/C12H15ClN2O3S/c13-10-5-4-8(19-10)7-14-12(18)15-6-2-1-3-9(15)11(16)17/h4-5,9H,1-3,6-7H2,(H,14,18)(H,16,17). The van der Waals surface area contributed by atoms with Crippen molar-refractivity contribution in [2.45, 2.75) is 31.8 Å². The lowest BCUT2D eigenvalue weighted by atomic mass is 10.0. The van der Waals surface area contributed by atoms with E-state index >= 15 is 0 Å². The van der Waals surface area contributed by atoms with Crippen molar-refractivity contribution in [3.05, 3.63) is 21.3 Å². The number of amides is 2. The maximum absolute atomic E-state index is 12.0. The van der Waals surface area contributed by atoms with Crippen LogP contribution in [-0.2, 0) is 11.3 Å². The largest absolute Gasteiger partial charge is 0.480 e. The summed E-state index contributed by atoms with van der Waals surface area (Å²) in [4.78, 5) is 25.5. The summed E-state index contributed by atoms with van der Waals surface area (Å²) in [5.74, 6) is -0.936. The molecule has 2 heterocycles. The van der Waals surface area contributed by atoms with Crippen LogP contribution in [-0.4, -0.2) is 34.6 Å². The van der Waals surface area contributed by atoms with Crippen LogP contribution >= 0.6 is 22.9 Å². The summed E-state index contributed by atoms with van der Waals surface area (Å²) < 4.78 is 0.672. The number of hydrogen-bond donors (Lipinski definition) is 2. The van der Waals surface area contributed by atoms with Gasteiger partial charge < -0.3 is 15.3 Å². The van der Waals surface area contributed by atoms with Gasteiger partial charge in [0.2, 0.25) is 0 Å². The summed E-state index contributed by atoms with van der Waals surface area (Å²) in [6.45, 7) is 0.868. The molecule has 2 amide bonds. The van der Waals surface area contributed by atoms with Gasteiger partial charge in [0.05, 0.1) is 10.9 Å². The Kier molecular flexibility index (Phi) is 4.66. The maximum Gasteiger partial charge on any atom is 0.326 e. The Labute approximate surface area is 120 Å². The third kappa shape index (κ3) is 3.61. The van der Waals surface area contributed by atoms with E-state index in [0.717, 1.165) is 17.7 Å². The highest BCUT2D eigenvalue weighted by molar-refractivity contribution is 7.16. The second-order valence-electron chi connectivity index (χ2n) is 4.41. The molecule has 0 aliphatic carbocycles. The van der Waals surface area contributed by atoms with Gasteiger partial charge >= 0.3 is 12.0 Å². The quantitative estimate of drug-likeness (QED) is 0.901. The van der Waals surface area contributed by atoms with Crippen LogP contribution in [0.15, 0.2) is 12.1 Å². The van der Waals surface area contributed by atoms with Crippen LogP contribution in [0.4, 0.5) is 4.79 Å². The van der Waals surface area contributed by atoms with Crippen LogP contribution in [0.2, 0.25) is 4.34 Å². The number of nitrogens with zero attached hydrogens (tertiary/aromatic N) is 1. The van der Waals surface area contributed by atoms with Crippen LogP contribution in [0.1, 0.15) is 24.1 Å². The van der Waals surface area contributed by atoms with Gasteiger partial charge in [0.15, 0.2) is 0 Å². The fraction of sp³-hybridized carbons (Fsp3) is 0.500. The van der Waals surface area contributed by atoms with Gasteiger partial charge in [0.25, 0.3) is 0 Å². The molecule has 1 aliphatic rings. The molecule has 1 fully saturated rings. The molecule has 5 nitrogen and oxygen atoms in total. The van der Waals surface area contributed by atoms with Crippen molar-refractivity contribution in [3.63, 3.8) is 0 Å². The third-order valence-corrected chi connectivity index (χ3v) is 4.32. The molecular formula is C12H15ClN2O3S. The van der Waals surface area contributed by atoms with E-state index in [1.54, 1.807) is 6.07 Å². The van der Waals surface area contributed by atoms with Crippen molar-refractivity contribution in [3.8, 4) is 0 Å². The van der Waals surface area contributed by atoms with Gasteiger partial charge in [-0.25, -0.2) is 9.59 Å². The lowest BCUT2D eigenvalue weighted by molar-refractivity contribution is -0.143. The van der Waals surface area contributed by atoms with Crippen LogP contribution < -0.4 is 5.32 Å². The molecule has 104 valence electrons. The fourth-order valence-electron chi connectivity index (χ4n) is 2.14. The van der Waals surface area contributed by atoms with Crippen LogP contribution in [0.5, 0.6) is 0 Å². The smallest absolute Gasteiger partial charge is 0.326 e. The van der Waals surface area contributed by atoms with E-state index in [1.807, 2.05) is 6.07 Å². The van der Waals surface area contributed by atoms with Gasteiger partial charge in [-0.2, -0.15) is 0 Å². The zero-order chi connectivity index (χ0) is 13.8. The first-order valence-corrected chi connectivity index (χ1v) is 7.29. The minimum atomic E-state index is -0.936. The maximum atomic E-state index is 12.0. The van der Waals surface area contributed by atoms with Crippen molar-refractivity contribution in [1.82, 2.24) is 10.2 Å². The monoisotopic (exact) mass is 302 g/mol. The van der Waals surface area contributed by atoms with Crippen molar-refractivity contribution in [2.75, 3.05) is 6.54 Å². The summed E-state index contributed by atoms with van der Waals surface area (Å²) in [5, 5.41) is 11.9. The first-order chi connectivity index (χ1) is 9.08. The molecule has 7 heteroatoms. The van der Waals surface area contributed by atoms with Gasteiger partial charge in [-0.05, 0) is 31.4 Å². The number of likely N-dealkylation sites (tertiary alicyclic amines) is 1. The molecule has 1 aliphatic heterocycles. The van der Waals surface area contributed by atoms with Gasteiger partial charge in [0, 0.05) is 11.4 Å². The Morgan fingerprint density at radius 1 is 1.47 bits per heavy atom. The van der Waals surface area contributed by atoms with Crippen molar-refractivity contribution < 1.29 is 14.7 Å². The predicted molar refractivity (Wildman–Crippen MR) is 73.5 cm³/mol. The van der Waals surface area contributed by atoms with E-state index in [2.05, 4.69) is 5.32 Å².